The molecule has 0 bridgehead atoms. The van der Waals surface area contributed by atoms with Crippen LogP contribution in [0.5, 0.6) is 0 Å². The van der Waals surface area contributed by atoms with E-state index in [4.69, 9.17) is 5.73 Å². The maximum atomic E-state index is 12.5. The summed E-state index contributed by atoms with van der Waals surface area (Å²) < 4.78 is 0. The minimum absolute atomic E-state index is 0.142. The number of fused-ring (bicyclic) bond motifs is 1. The summed E-state index contributed by atoms with van der Waals surface area (Å²) in [7, 11) is 0. The second-order valence-electron chi connectivity index (χ2n) is 5.85. The van der Waals surface area contributed by atoms with E-state index in [1.807, 2.05) is 30.3 Å². The van der Waals surface area contributed by atoms with Gasteiger partial charge in [-0.05, 0) is 41.9 Å². The van der Waals surface area contributed by atoms with Crippen molar-refractivity contribution in [3.8, 4) is 0 Å². The quantitative estimate of drug-likeness (QED) is 0.926. The molecule has 0 radical (unpaired) electrons. The van der Waals surface area contributed by atoms with Crippen LogP contribution >= 0.6 is 0 Å². The molecule has 0 heterocycles. The van der Waals surface area contributed by atoms with Crippen LogP contribution in [0, 0.1) is 0 Å². The molecular weight excluding hydrogens is 258 g/mol. The number of rotatable bonds is 4. The monoisotopic (exact) mass is 279 g/mol. The molecule has 2 aromatic carbocycles. The Bertz CT molecular complexity index is 620. The lowest BCUT2D eigenvalue weighted by Crippen LogP contribution is -2.24. The van der Waals surface area contributed by atoms with Crippen molar-refractivity contribution >= 4 is 5.78 Å². The van der Waals surface area contributed by atoms with Crippen molar-refractivity contribution in [1.82, 2.24) is 0 Å². The Hall–Kier alpha value is -1.93. The van der Waals surface area contributed by atoms with E-state index in [1.165, 1.54) is 11.1 Å². The van der Waals surface area contributed by atoms with E-state index in [0.29, 0.717) is 12.3 Å². The Balaban J connectivity index is 1.74. The summed E-state index contributed by atoms with van der Waals surface area (Å²) in [6, 6.07) is 17.7. The van der Waals surface area contributed by atoms with Crippen LogP contribution < -0.4 is 5.73 Å². The Labute approximate surface area is 126 Å². The molecule has 2 N–H and O–H groups in total. The summed E-state index contributed by atoms with van der Waals surface area (Å²) in [5.74, 6) is 0.472. The van der Waals surface area contributed by atoms with Gasteiger partial charge in [-0.2, -0.15) is 0 Å². The predicted molar refractivity (Wildman–Crippen MR) is 85.1 cm³/mol. The van der Waals surface area contributed by atoms with Crippen LogP contribution in [-0.2, 0) is 11.2 Å². The molecule has 21 heavy (non-hydrogen) atoms. The first kappa shape index (κ1) is 14.0. The molecule has 0 spiro atoms. The third-order valence-corrected chi connectivity index (χ3v) is 4.45. The van der Waals surface area contributed by atoms with Gasteiger partial charge in [-0.15, -0.1) is 0 Å². The highest BCUT2D eigenvalue weighted by molar-refractivity contribution is 5.85. The first-order valence-corrected chi connectivity index (χ1v) is 7.67. The second-order valence-corrected chi connectivity index (χ2v) is 5.85. The van der Waals surface area contributed by atoms with Gasteiger partial charge in [0.15, 0.2) is 5.78 Å². The third kappa shape index (κ3) is 3.06. The average Bonchev–Trinajstić information content (AvgIpc) is 2.55. The normalized spacial score (nSPS) is 18.8. The standard InChI is InChI=1S/C19H21NO/c20-19(15-8-2-1-3-9-15)18(21)13-16-11-6-10-14-7-4-5-12-17(14)16/h1-5,7-9,12,16,19H,6,10-11,13,20H2. The van der Waals surface area contributed by atoms with Crippen molar-refractivity contribution in [1.29, 1.82) is 0 Å². The van der Waals surface area contributed by atoms with E-state index >= 15 is 0 Å². The first-order chi connectivity index (χ1) is 10.3. The van der Waals surface area contributed by atoms with Crippen LogP contribution in [0.15, 0.2) is 54.6 Å². The van der Waals surface area contributed by atoms with Crippen LogP contribution in [-0.4, -0.2) is 5.78 Å². The molecule has 1 aliphatic rings. The number of hydrogen-bond donors (Lipinski definition) is 1. The zero-order valence-corrected chi connectivity index (χ0v) is 12.2. The highest BCUT2D eigenvalue weighted by atomic mass is 16.1. The molecule has 2 nitrogen and oxygen atoms in total. The van der Waals surface area contributed by atoms with Gasteiger partial charge in [0.2, 0.25) is 0 Å². The molecule has 0 fully saturated rings. The maximum Gasteiger partial charge on any atom is 0.154 e. The fraction of sp³-hybridized carbons (Fsp3) is 0.316. The lowest BCUT2D eigenvalue weighted by molar-refractivity contribution is -0.120. The van der Waals surface area contributed by atoms with E-state index in [0.717, 1.165) is 24.8 Å². The highest BCUT2D eigenvalue weighted by Crippen LogP contribution is 2.34. The summed E-state index contributed by atoms with van der Waals surface area (Å²) >= 11 is 0. The number of carbonyl (C=O) groups is 1. The predicted octanol–water partition coefficient (Wildman–Crippen LogP) is 3.77. The van der Waals surface area contributed by atoms with Gasteiger partial charge in [0.1, 0.15) is 0 Å². The molecule has 2 aromatic rings. The summed E-state index contributed by atoms with van der Waals surface area (Å²) in [4.78, 5) is 12.5. The average molecular weight is 279 g/mol. The molecule has 0 saturated heterocycles. The van der Waals surface area contributed by atoms with E-state index in [2.05, 4.69) is 24.3 Å². The van der Waals surface area contributed by atoms with E-state index in [-0.39, 0.29) is 5.78 Å². The van der Waals surface area contributed by atoms with Crippen molar-refractivity contribution in [3.05, 3.63) is 71.3 Å². The topological polar surface area (TPSA) is 43.1 Å². The van der Waals surface area contributed by atoms with Gasteiger partial charge in [-0.1, -0.05) is 54.6 Å². The highest BCUT2D eigenvalue weighted by Gasteiger charge is 2.25. The number of ketones is 1. The zero-order chi connectivity index (χ0) is 14.7. The zero-order valence-electron chi connectivity index (χ0n) is 12.2. The van der Waals surface area contributed by atoms with Crippen LogP contribution in [0.2, 0.25) is 0 Å². The number of carbonyl (C=O) groups excluding carboxylic acids is 1. The summed E-state index contributed by atoms with van der Waals surface area (Å²) in [5.41, 5.74) is 9.78. The van der Waals surface area contributed by atoms with Gasteiger partial charge in [0, 0.05) is 6.42 Å². The van der Waals surface area contributed by atoms with Crippen molar-refractivity contribution in [2.24, 2.45) is 5.73 Å². The summed E-state index contributed by atoms with van der Waals surface area (Å²) in [5, 5.41) is 0. The smallest absolute Gasteiger partial charge is 0.154 e. The molecule has 0 aliphatic heterocycles. The number of Topliss-reactive ketones (excluding diaryl/α,β-unsaturated/α-hetero) is 1. The largest absolute Gasteiger partial charge is 0.318 e. The Morgan fingerprint density at radius 3 is 2.62 bits per heavy atom. The van der Waals surface area contributed by atoms with E-state index in [1.54, 1.807) is 0 Å². The number of nitrogens with two attached hydrogens (primary N) is 1. The molecule has 0 amide bonds. The lowest BCUT2D eigenvalue weighted by Gasteiger charge is -2.26. The third-order valence-electron chi connectivity index (χ3n) is 4.45. The summed E-state index contributed by atoms with van der Waals surface area (Å²) in [6.45, 7) is 0. The second kappa shape index (κ2) is 6.23. The SMILES string of the molecule is NC(C(=O)CC1CCCc2ccccc21)c1ccccc1. The van der Waals surface area contributed by atoms with Gasteiger partial charge in [0.05, 0.1) is 6.04 Å². The molecule has 108 valence electrons. The number of aryl methyl sites for hydroxylation is 1. The van der Waals surface area contributed by atoms with Crippen molar-refractivity contribution in [3.63, 3.8) is 0 Å². The molecular formula is C19H21NO. The lowest BCUT2D eigenvalue weighted by atomic mass is 9.79. The number of hydrogen-bond acceptors (Lipinski definition) is 2. The Kier molecular flexibility index (Phi) is 4.16. The summed E-state index contributed by atoms with van der Waals surface area (Å²) in [6.07, 6.45) is 3.93. The van der Waals surface area contributed by atoms with Crippen molar-refractivity contribution in [2.45, 2.75) is 37.6 Å². The van der Waals surface area contributed by atoms with Gasteiger partial charge < -0.3 is 5.73 Å². The molecule has 2 atom stereocenters. The maximum absolute atomic E-state index is 12.5. The fourth-order valence-electron chi connectivity index (χ4n) is 3.28. The van der Waals surface area contributed by atoms with Crippen molar-refractivity contribution in [2.75, 3.05) is 0 Å². The van der Waals surface area contributed by atoms with Gasteiger partial charge in [-0.25, -0.2) is 0 Å². The van der Waals surface area contributed by atoms with Gasteiger partial charge in [0.25, 0.3) is 0 Å². The first-order valence-electron chi connectivity index (χ1n) is 7.67. The minimum atomic E-state index is -0.500. The Morgan fingerprint density at radius 1 is 1.10 bits per heavy atom. The fourth-order valence-corrected chi connectivity index (χ4v) is 3.28. The van der Waals surface area contributed by atoms with Crippen LogP contribution in [0.1, 0.15) is 47.9 Å². The molecule has 0 saturated carbocycles. The van der Waals surface area contributed by atoms with E-state index in [9.17, 15) is 4.79 Å². The van der Waals surface area contributed by atoms with Crippen molar-refractivity contribution < 1.29 is 4.79 Å². The number of benzene rings is 2. The van der Waals surface area contributed by atoms with Gasteiger partial charge in [-0.3, -0.25) is 4.79 Å². The molecule has 0 aromatic heterocycles. The molecule has 2 unspecified atom stereocenters. The van der Waals surface area contributed by atoms with Crippen LogP contribution in [0.4, 0.5) is 0 Å². The van der Waals surface area contributed by atoms with Gasteiger partial charge >= 0.3 is 0 Å². The minimum Gasteiger partial charge on any atom is -0.318 e. The Morgan fingerprint density at radius 2 is 1.81 bits per heavy atom. The molecule has 3 rings (SSSR count). The molecule has 1 aliphatic carbocycles. The van der Waals surface area contributed by atoms with E-state index < -0.39 is 6.04 Å². The molecule has 2 heteroatoms. The van der Waals surface area contributed by atoms with Crippen LogP contribution in [0.25, 0.3) is 0 Å². The van der Waals surface area contributed by atoms with Crippen LogP contribution in [0.3, 0.4) is 0 Å².